The van der Waals surface area contributed by atoms with E-state index >= 15 is 0 Å². The van der Waals surface area contributed by atoms with Gasteiger partial charge in [0.1, 0.15) is 21.6 Å². The lowest BCUT2D eigenvalue weighted by molar-refractivity contribution is -0.118. The lowest BCUT2D eigenvalue weighted by Crippen LogP contribution is -2.30. The summed E-state index contributed by atoms with van der Waals surface area (Å²) in [5.74, 6) is 1.44. The van der Waals surface area contributed by atoms with E-state index in [4.69, 9.17) is 9.72 Å². The number of nitrogens with zero attached hydrogens (tertiary/aromatic N) is 4. The van der Waals surface area contributed by atoms with Crippen LogP contribution in [-0.4, -0.2) is 33.5 Å². The highest BCUT2D eigenvalue weighted by Gasteiger charge is 2.34. The molecule has 1 aromatic heterocycles. The molecule has 3 aromatic rings. The van der Waals surface area contributed by atoms with Gasteiger partial charge in [-0.15, -0.1) is 0 Å². The van der Waals surface area contributed by atoms with Gasteiger partial charge >= 0.3 is 0 Å². The van der Waals surface area contributed by atoms with E-state index in [0.717, 1.165) is 16.9 Å². The summed E-state index contributed by atoms with van der Waals surface area (Å²) < 4.78 is 6.91. The average Bonchev–Trinajstić information content (AvgIpc) is 3.24. The molecule has 0 saturated carbocycles. The molecule has 170 valence electrons. The summed E-state index contributed by atoms with van der Waals surface area (Å²) in [5.41, 5.74) is 1.64. The SMILES string of the molecule is CCCC(=O)N1N=C(c2ccc(OC)cc2)Sc2c1nc(-c1ccccc1)n2C(=O)CCC. The number of carbonyl (C=O) groups excluding carboxylic acids is 2. The van der Waals surface area contributed by atoms with Crippen molar-refractivity contribution in [2.45, 2.75) is 44.6 Å². The topological polar surface area (TPSA) is 76.8 Å². The number of benzene rings is 2. The molecule has 0 radical (unpaired) electrons. The first-order valence-corrected chi connectivity index (χ1v) is 11.8. The van der Waals surface area contributed by atoms with E-state index in [9.17, 15) is 9.59 Å². The maximum Gasteiger partial charge on any atom is 0.248 e. The number of hydrogen-bond donors (Lipinski definition) is 0. The molecule has 0 saturated heterocycles. The number of rotatable bonds is 7. The van der Waals surface area contributed by atoms with Crippen LogP contribution in [0.1, 0.15) is 49.9 Å². The maximum absolute atomic E-state index is 13.3. The molecular formula is C25H26N4O3S. The van der Waals surface area contributed by atoms with Crippen molar-refractivity contribution in [3.05, 3.63) is 60.2 Å². The molecule has 0 unspecified atom stereocenters. The monoisotopic (exact) mass is 462 g/mol. The summed E-state index contributed by atoms with van der Waals surface area (Å²) in [6, 6.07) is 17.0. The fourth-order valence-electron chi connectivity index (χ4n) is 3.56. The van der Waals surface area contributed by atoms with E-state index in [1.165, 1.54) is 16.8 Å². The number of anilines is 1. The minimum Gasteiger partial charge on any atom is -0.497 e. The van der Waals surface area contributed by atoms with E-state index in [2.05, 4.69) is 5.10 Å². The highest BCUT2D eigenvalue weighted by molar-refractivity contribution is 8.14. The Kier molecular flexibility index (Phi) is 6.93. The second kappa shape index (κ2) is 10.0. The van der Waals surface area contributed by atoms with Gasteiger partial charge < -0.3 is 4.74 Å². The van der Waals surface area contributed by atoms with E-state index in [1.54, 1.807) is 11.7 Å². The van der Waals surface area contributed by atoms with Gasteiger partial charge in [-0.2, -0.15) is 10.1 Å². The Morgan fingerprint density at radius 1 is 0.909 bits per heavy atom. The minimum atomic E-state index is -0.155. The minimum absolute atomic E-state index is 0.0588. The first-order valence-electron chi connectivity index (χ1n) is 11.0. The van der Waals surface area contributed by atoms with Crippen molar-refractivity contribution in [1.29, 1.82) is 0 Å². The van der Waals surface area contributed by atoms with Crippen LogP contribution in [0.4, 0.5) is 5.82 Å². The Hall–Kier alpha value is -3.39. The standard InChI is InChI=1S/C25H26N4O3S/c1-4-9-20(30)28-22(17-11-7-6-8-12-17)26-23-25(28)33-24(27-29(23)21(31)10-5-2)18-13-15-19(32-3)16-14-18/h6-8,11-16H,4-5,9-10H2,1-3H3. The number of amides is 1. The number of methoxy groups -OCH3 is 1. The van der Waals surface area contributed by atoms with Crippen LogP contribution in [0, 0.1) is 0 Å². The molecule has 0 aliphatic carbocycles. The second-order valence-electron chi connectivity index (χ2n) is 7.60. The number of hydrogen-bond acceptors (Lipinski definition) is 6. The van der Waals surface area contributed by atoms with Crippen LogP contribution < -0.4 is 9.75 Å². The lowest BCUT2D eigenvalue weighted by Gasteiger charge is -2.23. The van der Waals surface area contributed by atoms with Gasteiger partial charge in [0.2, 0.25) is 11.8 Å². The number of aromatic nitrogens is 2. The van der Waals surface area contributed by atoms with Crippen molar-refractivity contribution in [2.24, 2.45) is 5.10 Å². The zero-order chi connectivity index (χ0) is 23.4. The van der Waals surface area contributed by atoms with E-state index in [-0.39, 0.29) is 11.8 Å². The van der Waals surface area contributed by atoms with E-state index in [0.29, 0.717) is 47.4 Å². The summed E-state index contributed by atoms with van der Waals surface area (Å²) >= 11 is 1.35. The maximum atomic E-state index is 13.3. The lowest BCUT2D eigenvalue weighted by atomic mass is 10.2. The molecule has 4 rings (SSSR count). The molecular weight excluding hydrogens is 436 g/mol. The zero-order valence-corrected chi connectivity index (χ0v) is 19.8. The first-order chi connectivity index (χ1) is 16.1. The zero-order valence-electron chi connectivity index (χ0n) is 18.9. The molecule has 2 heterocycles. The smallest absolute Gasteiger partial charge is 0.248 e. The van der Waals surface area contributed by atoms with Gasteiger partial charge in [-0.25, -0.2) is 4.98 Å². The van der Waals surface area contributed by atoms with Crippen LogP contribution >= 0.6 is 11.8 Å². The van der Waals surface area contributed by atoms with Crippen molar-refractivity contribution >= 4 is 34.4 Å². The quantitative estimate of drug-likeness (QED) is 0.457. The van der Waals surface area contributed by atoms with Crippen molar-refractivity contribution < 1.29 is 14.3 Å². The molecule has 0 bridgehead atoms. The Labute approximate surface area is 197 Å². The van der Waals surface area contributed by atoms with E-state index < -0.39 is 0 Å². The molecule has 0 N–H and O–H groups in total. The molecule has 0 fully saturated rings. The first kappa shape index (κ1) is 22.8. The Morgan fingerprint density at radius 3 is 2.21 bits per heavy atom. The summed E-state index contributed by atoms with van der Waals surface area (Å²) in [7, 11) is 1.61. The summed E-state index contributed by atoms with van der Waals surface area (Å²) in [6.07, 6.45) is 2.11. The number of thioether (sulfide) groups is 1. The molecule has 1 aliphatic heterocycles. The van der Waals surface area contributed by atoms with Crippen LogP contribution in [0.2, 0.25) is 0 Å². The highest BCUT2D eigenvalue weighted by Crippen LogP contribution is 2.41. The third kappa shape index (κ3) is 4.57. The predicted octanol–water partition coefficient (Wildman–Crippen LogP) is 5.60. The average molecular weight is 463 g/mol. The van der Waals surface area contributed by atoms with Gasteiger partial charge in [0.15, 0.2) is 5.82 Å². The Morgan fingerprint density at radius 2 is 1.58 bits per heavy atom. The fourth-order valence-corrected chi connectivity index (χ4v) is 4.62. The van der Waals surface area contributed by atoms with Crippen molar-refractivity contribution in [2.75, 3.05) is 12.1 Å². The van der Waals surface area contributed by atoms with Crippen molar-refractivity contribution in [3.8, 4) is 17.1 Å². The molecule has 33 heavy (non-hydrogen) atoms. The van der Waals surface area contributed by atoms with Gasteiger partial charge in [-0.3, -0.25) is 14.2 Å². The van der Waals surface area contributed by atoms with Crippen LogP contribution in [0.3, 0.4) is 0 Å². The van der Waals surface area contributed by atoms with Gasteiger partial charge in [0.25, 0.3) is 0 Å². The third-order valence-electron chi connectivity index (χ3n) is 5.19. The van der Waals surface area contributed by atoms with Gasteiger partial charge in [0.05, 0.1) is 7.11 Å². The summed E-state index contributed by atoms with van der Waals surface area (Å²) in [4.78, 5) is 31.1. The summed E-state index contributed by atoms with van der Waals surface area (Å²) in [6.45, 7) is 3.92. The molecule has 7 nitrogen and oxygen atoms in total. The van der Waals surface area contributed by atoms with Crippen molar-refractivity contribution in [1.82, 2.24) is 9.55 Å². The summed E-state index contributed by atoms with van der Waals surface area (Å²) in [5, 5.41) is 7.25. The molecule has 1 aliphatic rings. The molecule has 8 heteroatoms. The largest absolute Gasteiger partial charge is 0.497 e. The number of imidazole rings is 1. The van der Waals surface area contributed by atoms with Crippen LogP contribution in [0.25, 0.3) is 11.4 Å². The third-order valence-corrected chi connectivity index (χ3v) is 6.25. The van der Waals surface area contributed by atoms with Crippen LogP contribution in [-0.2, 0) is 4.79 Å². The molecule has 2 aromatic carbocycles. The highest BCUT2D eigenvalue weighted by atomic mass is 32.2. The Balaban J connectivity index is 1.88. The van der Waals surface area contributed by atoms with Gasteiger partial charge in [-0.1, -0.05) is 44.2 Å². The Bertz CT molecular complexity index is 1190. The predicted molar refractivity (Wildman–Crippen MR) is 131 cm³/mol. The fraction of sp³-hybridized carbons (Fsp3) is 0.280. The van der Waals surface area contributed by atoms with Gasteiger partial charge in [0, 0.05) is 24.0 Å². The van der Waals surface area contributed by atoms with Crippen molar-refractivity contribution in [3.63, 3.8) is 0 Å². The van der Waals surface area contributed by atoms with Crippen LogP contribution in [0.5, 0.6) is 5.75 Å². The number of carbonyl (C=O) groups is 2. The second-order valence-corrected chi connectivity index (χ2v) is 8.58. The molecule has 0 atom stereocenters. The molecule has 0 spiro atoms. The van der Waals surface area contributed by atoms with Gasteiger partial charge in [-0.05, 0) is 48.9 Å². The van der Waals surface area contributed by atoms with E-state index in [1.807, 2.05) is 68.4 Å². The number of hydrazone groups is 1. The molecule has 1 amide bonds. The normalized spacial score (nSPS) is 12.8. The number of ether oxygens (including phenoxy) is 1. The number of fused-ring (bicyclic) bond motifs is 1. The van der Waals surface area contributed by atoms with Crippen LogP contribution in [0.15, 0.2) is 64.7 Å².